The molecule has 0 aliphatic carbocycles. The van der Waals surface area contributed by atoms with Crippen molar-refractivity contribution >= 4 is 17.1 Å². The molecular weight excluding hydrogens is 419 g/mol. The van der Waals surface area contributed by atoms with Gasteiger partial charge in [-0.25, -0.2) is 4.39 Å². The van der Waals surface area contributed by atoms with Gasteiger partial charge in [0.15, 0.2) is 5.82 Å². The Labute approximate surface area is 195 Å². The predicted octanol–water partition coefficient (Wildman–Crippen LogP) is 4.51. The minimum atomic E-state index is -0.320. The van der Waals surface area contributed by atoms with Crippen LogP contribution in [0.15, 0.2) is 66.0 Å². The first-order chi connectivity index (χ1) is 16.0. The minimum Gasteiger partial charge on any atom is -0.491 e. The molecule has 0 saturated carbocycles. The fourth-order valence-electron chi connectivity index (χ4n) is 3.47. The number of nitrogens with one attached hydrogen (secondary N) is 1. The molecule has 6 nitrogen and oxygen atoms in total. The smallest absolute Gasteiger partial charge is 0.151 e. The summed E-state index contributed by atoms with van der Waals surface area (Å²) in [6.07, 6.45) is 3.35. The Kier molecular flexibility index (Phi) is 9.04. The summed E-state index contributed by atoms with van der Waals surface area (Å²) in [4.78, 5) is 6.87. The zero-order chi connectivity index (χ0) is 23.6. The molecule has 2 aromatic rings. The van der Waals surface area contributed by atoms with E-state index < -0.39 is 0 Å². The van der Waals surface area contributed by atoms with Crippen molar-refractivity contribution in [3.05, 3.63) is 83.5 Å². The van der Waals surface area contributed by atoms with Crippen LogP contribution in [0.5, 0.6) is 0 Å². The van der Waals surface area contributed by atoms with E-state index in [1.54, 1.807) is 31.3 Å². The molecule has 176 valence electrons. The van der Waals surface area contributed by atoms with Crippen molar-refractivity contribution in [2.45, 2.75) is 20.4 Å². The lowest BCUT2D eigenvalue weighted by molar-refractivity contribution is 0.0281. The van der Waals surface area contributed by atoms with Crippen LogP contribution in [0.25, 0.3) is 0 Å². The number of allylic oxidation sites excluding steroid dienone is 1. The fraction of sp³-hybridized carbons (Fsp3) is 0.346. The van der Waals surface area contributed by atoms with Crippen LogP contribution in [0.3, 0.4) is 0 Å². The molecular formula is C26H33FN4O2. The highest BCUT2D eigenvalue weighted by Crippen LogP contribution is 2.25. The van der Waals surface area contributed by atoms with Crippen LogP contribution in [0.1, 0.15) is 23.6 Å². The summed E-state index contributed by atoms with van der Waals surface area (Å²) < 4.78 is 25.6. The Morgan fingerprint density at radius 1 is 1.30 bits per heavy atom. The number of aliphatic imine (C=N–C) groups is 1. The van der Waals surface area contributed by atoms with E-state index >= 15 is 0 Å². The topological polar surface area (TPSA) is 72.1 Å². The van der Waals surface area contributed by atoms with E-state index in [0.717, 1.165) is 49.7 Å². The second kappa shape index (κ2) is 12.2. The van der Waals surface area contributed by atoms with Gasteiger partial charge in [-0.05, 0) is 48.7 Å². The van der Waals surface area contributed by atoms with Gasteiger partial charge < -0.3 is 20.5 Å². The Bertz CT molecular complexity index is 1010. The molecule has 0 unspecified atom stereocenters. The number of hydrogen-bond acceptors (Lipinski definition) is 6. The van der Waals surface area contributed by atoms with Crippen LogP contribution in [0.2, 0.25) is 0 Å². The number of nitrogen functional groups attached to an aromatic ring is 1. The summed E-state index contributed by atoms with van der Waals surface area (Å²) in [5, 5.41) is 3.12. The molecule has 0 aromatic heterocycles. The molecule has 0 spiro atoms. The van der Waals surface area contributed by atoms with Crippen molar-refractivity contribution in [2.24, 2.45) is 4.99 Å². The molecule has 0 radical (unpaired) electrons. The maximum atomic E-state index is 14.4. The minimum absolute atomic E-state index is 0.320. The van der Waals surface area contributed by atoms with Crippen molar-refractivity contribution in [2.75, 3.05) is 50.5 Å². The molecule has 1 heterocycles. The van der Waals surface area contributed by atoms with E-state index in [-0.39, 0.29) is 5.82 Å². The van der Waals surface area contributed by atoms with E-state index in [0.29, 0.717) is 35.8 Å². The number of nitrogens with zero attached hydrogens (tertiary/aromatic N) is 2. The Hall–Kier alpha value is -3.16. The Balaban J connectivity index is 1.59. The van der Waals surface area contributed by atoms with Crippen molar-refractivity contribution in [1.82, 2.24) is 4.90 Å². The maximum absolute atomic E-state index is 14.4. The molecule has 0 bridgehead atoms. The van der Waals surface area contributed by atoms with Gasteiger partial charge in [0.1, 0.15) is 12.4 Å². The number of hydrogen-bond donors (Lipinski definition) is 2. The number of rotatable bonds is 10. The highest BCUT2D eigenvalue weighted by molar-refractivity contribution is 5.99. The zero-order valence-electron chi connectivity index (χ0n) is 19.4. The van der Waals surface area contributed by atoms with Crippen molar-refractivity contribution in [1.29, 1.82) is 0 Å². The molecule has 3 N–H and O–H groups in total. The molecule has 1 fully saturated rings. The number of halogens is 1. The fourth-order valence-corrected chi connectivity index (χ4v) is 3.47. The van der Waals surface area contributed by atoms with Gasteiger partial charge in [-0.1, -0.05) is 30.8 Å². The second-order valence-corrected chi connectivity index (χ2v) is 7.97. The molecule has 0 amide bonds. The van der Waals surface area contributed by atoms with E-state index in [1.807, 2.05) is 31.2 Å². The van der Waals surface area contributed by atoms with Gasteiger partial charge >= 0.3 is 0 Å². The van der Waals surface area contributed by atoms with Gasteiger partial charge in [-0.15, -0.1) is 0 Å². The lowest BCUT2D eigenvalue weighted by atomic mass is 10.1. The van der Waals surface area contributed by atoms with Crippen LogP contribution in [-0.2, 0) is 16.0 Å². The van der Waals surface area contributed by atoms with Crippen LogP contribution < -0.4 is 11.1 Å². The lowest BCUT2D eigenvalue weighted by Crippen LogP contribution is -2.38. The molecule has 0 atom stereocenters. The van der Waals surface area contributed by atoms with Crippen LogP contribution in [0.4, 0.5) is 15.8 Å². The van der Waals surface area contributed by atoms with E-state index in [9.17, 15) is 4.39 Å². The Morgan fingerprint density at radius 3 is 2.85 bits per heavy atom. The summed E-state index contributed by atoms with van der Waals surface area (Å²) in [5.41, 5.74) is 10.0. The Morgan fingerprint density at radius 2 is 2.09 bits per heavy atom. The first-order valence-electron chi connectivity index (χ1n) is 11.2. The molecule has 3 rings (SSSR count). The van der Waals surface area contributed by atoms with Gasteiger partial charge in [0.2, 0.25) is 0 Å². The number of benzene rings is 2. The van der Waals surface area contributed by atoms with Crippen LogP contribution in [0, 0.1) is 12.7 Å². The molecule has 33 heavy (non-hydrogen) atoms. The third-order valence-corrected chi connectivity index (χ3v) is 5.55. The van der Waals surface area contributed by atoms with Gasteiger partial charge in [0.05, 0.1) is 30.8 Å². The maximum Gasteiger partial charge on any atom is 0.151 e. The SMILES string of the molecule is C=C/C(=C\N=C(C)c1cccc(CNc2c(N)ccc(C)c2F)c1)OCCN1CCOCC1. The van der Waals surface area contributed by atoms with E-state index in [1.165, 1.54) is 0 Å². The normalized spacial score (nSPS) is 15.4. The average molecular weight is 453 g/mol. The first-order valence-corrected chi connectivity index (χ1v) is 11.2. The predicted molar refractivity (Wildman–Crippen MR) is 133 cm³/mol. The van der Waals surface area contributed by atoms with Gasteiger partial charge in [0.25, 0.3) is 0 Å². The number of nitrogens with two attached hydrogens (primary N) is 1. The summed E-state index contributed by atoms with van der Waals surface area (Å²) in [6.45, 7) is 12.8. The third kappa shape index (κ3) is 7.17. The van der Waals surface area contributed by atoms with Crippen LogP contribution in [-0.4, -0.2) is 50.1 Å². The van der Waals surface area contributed by atoms with Crippen LogP contribution >= 0.6 is 0 Å². The largest absolute Gasteiger partial charge is 0.491 e. The number of aryl methyl sites for hydroxylation is 1. The summed E-state index contributed by atoms with van der Waals surface area (Å²) in [7, 11) is 0. The number of ether oxygens (including phenoxy) is 2. The number of anilines is 2. The summed E-state index contributed by atoms with van der Waals surface area (Å²) >= 11 is 0. The van der Waals surface area contributed by atoms with Gasteiger partial charge in [0, 0.05) is 31.9 Å². The van der Waals surface area contributed by atoms with Crippen molar-refractivity contribution < 1.29 is 13.9 Å². The zero-order valence-corrected chi connectivity index (χ0v) is 19.4. The summed E-state index contributed by atoms with van der Waals surface area (Å²) in [6, 6.07) is 11.3. The molecule has 1 saturated heterocycles. The highest BCUT2D eigenvalue weighted by atomic mass is 19.1. The third-order valence-electron chi connectivity index (χ3n) is 5.55. The summed E-state index contributed by atoms with van der Waals surface area (Å²) in [5.74, 6) is 0.311. The molecule has 2 aromatic carbocycles. The van der Waals surface area contributed by atoms with Crippen molar-refractivity contribution in [3.63, 3.8) is 0 Å². The monoisotopic (exact) mass is 452 g/mol. The molecule has 1 aliphatic rings. The lowest BCUT2D eigenvalue weighted by Gasteiger charge is -2.26. The first kappa shape index (κ1) is 24.5. The standard InChI is InChI=1S/C26H33FN4O2/c1-4-23(33-15-12-31-10-13-32-14-11-31)18-29-20(3)22-7-5-6-21(16-22)17-30-26-24(28)9-8-19(2)25(26)27/h4-9,16,18,30H,1,10-15,17,28H2,2-3H3/b23-18+,29-20?. The molecule has 7 heteroatoms. The number of morpholine rings is 1. The highest BCUT2D eigenvalue weighted by Gasteiger charge is 2.10. The van der Waals surface area contributed by atoms with Crippen molar-refractivity contribution in [3.8, 4) is 0 Å². The quantitative estimate of drug-likeness (QED) is 0.240. The van der Waals surface area contributed by atoms with E-state index in [2.05, 4.69) is 21.8 Å². The second-order valence-electron chi connectivity index (χ2n) is 7.97. The average Bonchev–Trinajstić information content (AvgIpc) is 2.84. The molecule has 1 aliphatic heterocycles. The van der Waals surface area contributed by atoms with E-state index in [4.69, 9.17) is 15.2 Å². The van der Waals surface area contributed by atoms with Gasteiger partial charge in [-0.3, -0.25) is 9.89 Å². The van der Waals surface area contributed by atoms with Gasteiger partial charge in [-0.2, -0.15) is 0 Å².